The van der Waals surface area contributed by atoms with Gasteiger partial charge in [-0.2, -0.15) is 10.2 Å². The molecular formula is C31H31FN6O5. The Bertz CT molecular complexity index is 1660. The van der Waals surface area contributed by atoms with Crippen molar-refractivity contribution in [3.05, 3.63) is 77.3 Å². The third-order valence-corrected chi connectivity index (χ3v) is 7.71. The van der Waals surface area contributed by atoms with E-state index in [0.29, 0.717) is 30.4 Å². The summed E-state index contributed by atoms with van der Waals surface area (Å²) >= 11 is 0. The first-order valence-corrected chi connectivity index (χ1v) is 14.2. The van der Waals surface area contributed by atoms with Gasteiger partial charge in [0.2, 0.25) is 5.88 Å². The van der Waals surface area contributed by atoms with Crippen LogP contribution in [-0.2, 0) is 29.2 Å². The molecular weight excluding hydrogens is 555 g/mol. The van der Waals surface area contributed by atoms with Crippen LogP contribution < -0.4 is 9.47 Å². The van der Waals surface area contributed by atoms with Crippen molar-refractivity contribution in [1.82, 2.24) is 24.4 Å². The van der Waals surface area contributed by atoms with Crippen molar-refractivity contribution in [2.75, 3.05) is 26.8 Å². The van der Waals surface area contributed by atoms with Gasteiger partial charge in [0.05, 0.1) is 54.5 Å². The normalized spacial score (nSPS) is 17.3. The van der Waals surface area contributed by atoms with Crippen molar-refractivity contribution in [1.29, 1.82) is 5.26 Å². The molecule has 2 aliphatic rings. The number of piperidine rings is 1. The molecule has 0 N–H and O–H groups in total. The van der Waals surface area contributed by atoms with Gasteiger partial charge < -0.3 is 23.5 Å². The number of fused-ring (bicyclic) bond motifs is 1. The largest absolute Gasteiger partial charge is 0.483 e. The summed E-state index contributed by atoms with van der Waals surface area (Å²) in [5.74, 6) is 0.780. The van der Waals surface area contributed by atoms with Crippen LogP contribution in [0.4, 0.5) is 4.39 Å². The van der Waals surface area contributed by atoms with E-state index in [9.17, 15) is 9.18 Å². The second-order valence-electron chi connectivity index (χ2n) is 10.6. The first-order chi connectivity index (χ1) is 21.0. The molecule has 0 radical (unpaired) electrons. The molecule has 6 rings (SSSR count). The Kier molecular flexibility index (Phi) is 8.44. The molecule has 4 aromatic rings. The van der Waals surface area contributed by atoms with Gasteiger partial charge in [0.1, 0.15) is 18.5 Å². The van der Waals surface area contributed by atoms with Crippen LogP contribution in [0.3, 0.4) is 0 Å². The number of rotatable bonds is 10. The van der Waals surface area contributed by atoms with E-state index in [4.69, 9.17) is 29.2 Å². The van der Waals surface area contributed by atoms with Crippen LogP contribution in [0, 0.1) is 17.1 Å². The number of aromatic nitrogens is 4. The number of nitrogens with zero attached hydrogens (tertiary/aromatic N) is 6. The summed E-state index contributed by atoms with van der Waals surface area (Å²) in [6, 6.07) is 13.1. The number of hydrogen-bond acceptors (Lipinski definition) is 10. The van der Waals surface area contributed by atoms with E-state index in [1.54, 1.807) is 18.3 Å². The quantitative estimate of drug-likeness (QED) is 0.252. The lowest BCUT2D eigenvalue weighted by Crippen LogP contribution is -2.39. The average Bonchev–Trinajstić information content (AvgIpc) is 3.34. The summed E-state index contributed by atoms with van der Waals surface area (Å²) in [7, 11) is 1.38. The zero-order chi connectivity index (χ0) is 29.8. The highest BCUT2D eigenvalue weighted by molar-refractivity contribution is 5.93. The van der Waals surface area contributed by atoms with E-state index in [1.165, 1.54) is 19.2 Å². The van der Waals surface area contributed by atoms with Crippen molar-refractivity contribution in [3.63, 3.8) is 0 Å². The first kappa shape index (κ1) is 28.5. The predicted molar refractivity (Wildman–Crippen MR) is 152 cm³/mol. The van der Waals surface area contributed by atoms with E-state index in [0.717, 1.165) is 61.9 Å². The number of hydrogen-bond donors (Lipinski definition) is 0. The zero-order valence-corrected chi connectivity index (χ0v) is 23.7. The van der Waals surface area contributed by atoms with E-state index in [-0.39, 0.29) is 36.1 Å². The Morgan fingerprint density at radius 2 is 1.98 bits per heavy atom. The molecule has 2 fully saturated rings. The monoisotopic (exact) mass is 586 g/mol. The number of esters is 1. The van der Waals surface area contributed by atoms with Gasteiger partial charge in [-0.05, 0) is 55.7 Å². The summed E-state index contributed by atoms with van der Waals surface area (Å²) in [4.78, 5) is 28.0. The van der Waals surface area contributed by atoms with Gasteiger partial charge in [-0.25, -0.2) is 19.2 Å². The van der Waals surface area contributed by atoms with Crippen LogP contribution >= 0.6 is 0 Å². The van der Waals surface area contributed by atoms with Gasteiger partial charge >= 0.3 is 5.97 Å². The summed E-state index contributed by atoms with van der Waals surface area (Å²) in [6.07, 6.45) is 4.34. The van der Waals surface area contributed by atoms with Gasteiger partial charge in [-0.1, -0.05) is 0 Å². The van der Waals surface area contributed by atoms with Crippen LogP contribution in [-0.4, -0.2) is 69.4 Å². The fraction of sp³-hybridized carbons (Fsp3) is 0.387. The zero-order valence-electron chi connectivity index (χ0n) is 23.7. The number of carbonyl (C=O) groups excluding carboxylic acids is 1. The summed E-state index contributed by atoms with van der Waals surface area (Å²) < 4.78 is 38.6. The highest BCUT2D eigenvalue weighted by atomic mass is 19.1. The summed E-state index contributed by atoms with van der Waals surface area (Å²) in [5.41, 5.74) is 2.46. The fourth-order valence-corrected chi connectivity index (χ4v) is 5.28. The molecule has 222 valence electrons. The van der Waals surface area contributed by atoms with Gasteiger partial charge in [0.25, 0.3) is 0 Å². The molecule has 1 unspecified atom stereocenters. The molecule has 0 spiro atoms. The third kappa shape index (κ3) is 6.58. The standard InChI is InChI=1S/C31H31FN6O5/c1-40-31(39)21-3-4-25-26(15-21)38(17-23-9-13-41-23)29(35-25)18-37-11-7-22(8-12-37)43-30-6-10-34-28(36-30)19-42-27-5-2-20(16-33)14-24(27)32/h2-6,10,14-15,22-23H,7-9,11-13,17-19H2,1H3. The van der Waals surface area contributed by atoms with Crippen LogP contribution in [0.15, 0.2) is 48.7 Å². The molecule has 11 nitrogen and oxygen atoms in total. The Morgan fingerprint density at radius 1 is 1.14 bits per heavy atom. The van der Waals surface area contributed by atoms with Crippen molar-refractivity contribution in [2.24, 2.45) is 0 Å². The van der Waals surface area contributed by atoms with E-state index >= 15 is 0 Å². The molecule has 2 saturated heterocycles. The number of nitriles is 1. The number of carbonyl (C=O) groups is 1. The fourth-order valence-electron chi connectivity index (χ4n) is 5.28. The minimum absolute atomic E-state index is 0.0132. The van der Waals surface area contributed by atoms with E-state index in [1.807, 2.05) is 18.2 Å². The first-order valence-electron chi connectivity index (χ1n) is 14.2. The van der Waals surface area contributed by atoms with Crippen LogP contribution in [0.25, 0.3) is 11.0 Å². The second-order valence-corrected chi connectivity index (χ2v) is 10.6. The lowest BCUT2D eigenvalue weighted by molar-refractivity contribution is -0.0592. The Morgan fingerprint density at radius 3 is 2.70 bits per heavy atom. The molecule has 0 amide bonds. The molecule has 0 saturated carbocycles. The number of ether oxygens (including phenoxy) is 4. The van der Waals surface area contributed by atoms with Gasteiger partial charge in [-0.3, -0.25) is 4.90 Å². The minimum atomic E-state index is -0.615. The Hall–Kier alpha value is -4.60. The molecule has 1 atom stereocenters. The maximum absolute atomic E-state index is 14.1. The van der Waals surface area contributed by atoms with Gasteiger partial charge in [0, 0.05) is 32.0 Å². The third-order valence-electron chi connectivity index (χ3n) is 7.71. The lowest BCUT2D eigenvalue weighted by Gasteiger charge is -2.32. The van der Waals surface area contributed by atoms with Gasteiger partial charge in [-0.15, -0.1) is 0 Å². The molecule has 0 aliphatic carbocycles. The topological polar surface area (TPSA) is 125 Å². The van der Waals surface area contributed by atoms with Crippen molar-refractivity contribution in [3.8, 4) is 17.7 Å². The molecule has 2 aromatic carbocycles. The molecule has 0 bridgehead atoms. The number of halogens is 1. The second kappa shape index (κ2) is 12.7. The van der Waals surface area contributed by atoms with E-state index < -0.39 is 5.82 Å². The molecule has 43 heavy (non-hydrogen) atoms. The van der Waals surface area contributed by atoms with E-state index in [2.05, 4.69) is 19.4 Å². The Balaban J connectivity index is 1.06. The van der Waals surface area contributed by atoms with Crippen molar-refractivity contribution < 1.29 is 28.1 Å². The van der Waals surface area contributed by atoms with Crippen LogP contribution in [0.5, 0.6) is 11.6 Å². The number of benzene rings is 2. The van der Waals surface area contributed by atoms with Crippen LogP contribution in [0.1, 0.15) is 46.8 Å². The van der Waals surface area contributed by atoms with Crippen molar-refractivity contribution in [2.45, 2.75) is 51.2 Å². The molecule has 2 aromatic heterocycles. The van der Waals surface area contributed by atoms with Crippen LogP contribution in [0.2, 0.25) is 0 Å². The SMILES string of the molecule is COC(=O)c1ccc2nc(CN3CCC(Oc4ccnc(COc5ccc(C#N)cc5F)n4)CC3)n(CC3CCO3)c2c1. The average molecular weight is 587 g/mol. The highest BCUT2D eigenvalue weighted by Gasteiger charge is 2.26. The number of imidazole rings is 1. The summed E-state index contributed by atoms with van der Waals surface area (Å²) in [5, 5.41) is 8.90. The lowest BCUT2D eigenvalue weighted by atomic mass is 10.1. The van der Waals surface area contributed by atoms with Gasteiger partial charge in [0.15, 0.2) is 17.4 Å². The minimum Gasteiger partial charge on any atom is -0.483 e. The molecule has 4 heterocycles. The maximum Gasteiger partial charge on any atom is 0.337 e. The Labute approximate surface area is 247 Å². The predicted octanol–water partition coefficient (Wildman–Crippen LogP) is 4.03. The molecule has 2 aliphatic heterocycles. The number of methoxy groups -OCH3 is 1. The smallest absolute Gasteiger partial charge is 0.337 e. The number of likely N-dealkylation sites (tertiary alicyclic amines) is 1. The summed E-state index contributed by atoms with van der Waals surface area (Å²) in [6.45, 7) is 3.73. The maximum atomic E-state index is 14.1. The van der Waals surface area contributed by atoms with Crippen molar-refractivity contribution >= 4 is 17.0 Å². The molecule has 12 heteroatoms. The highest BCUT2D eigenvalue weighted by Crippen LogP contribution is 2.25.